The van der Waals surface area contributed by atoms with Crippen molar-refractivity contribution >= 4 is 12.4 Å². The van der Waals surface area contributed by atoms with E-state index in [4.69, 9.17) is 9.47 Å². The molecule has 0 unspecified atom stereocenters. The van der Waals surface area contributed by atoms with E-state index in [0.717, 1.165) is 18.0 Å². The summed E-state index contributed by atoms with van der Waals surface area (Å²) in [5.74, 6) is 1.56. The van der Waals surface area contributed by atoms with Crippen LogP contribution in [0.5, 0.6) is 11.5 Å². The molecule has 0 atom stereocenters. The smallest absolute Gasteiger partial charge is 0.161 e. The van der Waals surface area contributed by atoms with Gasteiger partial charge in [-0.25, -0.2) is 4.98 Å². The number of halogens is 1. The number of benzene rings is 1. The molecule has 1 heterocycles. The van der Waals surface area contributed by atoms with E-state index in [1.54, 1.807) is 12.5 Å². The van der Waals surface area contributed by atoms with Gasteiger partial charge >= 0.3 is 0 Å². The summed E-state index contributed by atoms with van der Waals surface area (Å²) in [4.78, 5) is 3.98. The molecule has 1 aromatic carbocycles. The maximum Gasteiger partial charge on any atom is 0.161 e. The van der Waals surface area contributed by atoms with E-state index in [2.05, 4.69) is 4.98 Å². The van der Waals surface area contributed by atoms with Gasteiger partial charge in [-0.2, -0.15) is 0 Å². The number of hydrogen-bond acceptors (Lipinski definition) is 3. The first-order valence-corrected chi connectivity index (χ1v) is 6.35. The van der Waals surface area contributed by atoms with Gasteiger partial charge in [0, 0.05) is 18.9 Å². The number of nitrogens with zero attached hydrogens (tertiary/aromatic N) is 2. The minimum atomic E-state index is 0. The third-order valence-corrected chi connectivity index (χ3v) is 2.53. The van der Waals surface area contributed by atoms with Gasteiger partial charge in [-0.05, 0) is 25.1 Å². The van der Waals surface area contributed by atoms with Crippen molar-refractivity contribution in [3.8, 4) is 11.5 Å². The van der Waals surface area contributed by atoms with Crippen molar-refractivity contribution in [3.63, 3.8) is 0 Å². The molecular weight excluding hydrogens is 276 g/mol. The van der Waals surface area contributed by atoms with E-state index in [0.29, 0.717) is 13.2 Å². The molecule has 0 N–H and O–H groups in total. The van der Waals surface area contributed by atoms with Crippen molar-refractivity contribution in [2.45, 2.75) is 13.5 Å². The standard InChI is InChI=1S/C15H18N2O2.ClH/c1-2-18-14-7-3-4-8-15(14)19-12-6-5-10-17-11-9-16-13-17;/h3-9,11,13H,2,10,12H2,1H3;1H. The molecule has 0 radical (unpaired) electrons. The molecule has 0 saturated heterocycles. The number of allylic oxidation sites excluding steroid dienone is 1. The summed E-state index contributed by atoms with van der Waals surface area (Å²) in [5.41, 5.74) is 0. The summed E-state index contributed by atoms with van der Waals surface area (Å²) < 4.78 is 13.2. The number of aromatic nitrogens is 2. The van der Waals surface area contributed by atoms with Crippen LogP contribution in [-0.2, 0) is 6.54 Å². The highest BCUT2D eigenvalue weighted by Crippen LogP contribution is 2.26. The van der Waals surface area contributed by atoms with Crippen molar-refractivity contribution < 1.29 is 9.47 Å². The molecule has 20 heavy (non-hydrogen) atoms. The highest BCUT2D eigenvalue weighted by molar-refractivity contribution is 5.85. The van der Waals surface area contributed by atoms with Crippen LogP contribution in [-0.4, -0.2) is 22.8 Å². The molecule has 0 saturated carbocycles. The molecule has 0 aliphatic carbocycles. The Balaban J connectivity index is 0.00000200. The van der Waals surface area contributed by atoms with Gasteiger partial charge in [0.05, 0.1) is 12.9 Å². The predicted molar refractivity (Wildman–Crippen MR) is 81.7 cm³/mol. The van der Waals surface area contributed by atoms with E-state index < -0.39 is 0 Å². The van der Waals surface area contributed by atoms with E-state index >= 15 is 0 Å². The maximum absolute atomic E-state index is 5.67. The van der Waals surface area contributed by atoms with Crippen molar-refractivity contribution in [2.75, 3.05) is 13.2 Å². The third-order valence-electron chi connectivity index (χ3n) is 2.53. The lowest BCUT2D eigenvalue weighted by Gasteiger charge is -2.09. The molecular formula is C15H19ClN2O2. The van der Waals surface area contributed by atoms with Crippen LogP contribution in [0.15, 0.2) is 55.1 Å². The molecule has 1 aromatic heterocycles. The zero-order valence-corrected chi connectivity index (χ0v) is 12.3. The fourth-order valence-corrected chi connectivity index (χ4v) is 1.64. The highest BCUT2D eigenvalue weighted by Gasteiger charge is 2.01. The van der Waals surface area contributed by atoms with Crippen LogP contribution in [0.2, 0.25) is 0 Å². The Kier molecular flexibility index (Phi) is 7.29. The Morgan fingerprint density at radius 2 is 1.90 bits per heavy atom. The van der Waals surface area contributed by atoms with Crippen molar-refractivity contribution in [1.82, 2.24) is 9.55 Å². The summed E-state index contributed by atoms with van der Waals surface area (Å²) in [7, 11) is 0. The molecule has 2 rings (SSSR count). The van der Waals surface area contributed by atoms with Gasteiger partial charge in [0.25, 0.3) is 0 Å². The summed E-state index contributed by atoms with van der Waals surface area (Å²) in [6.07, 6.45) is 9.52. The fraction of sp³-hybridized carbons (Fsp3) is 0.267. The van der Waals surface area contributed by atoms with Crippen LogP contribution in [0.3, 0.4) is 0 Å². The molecule has 0 aliphatic heterocycles. The monoisotopic (exact) mass is 294 g/mol. The highest BCUT2D eigenvalue weighted by atomic mass is 35.5. The molecule has 0 aliphatic rings. The van der Waals surface area contributed by atoms with Gasteiger partial charge in [-0.1, -0.05) is 18.2 Å². The number of rotatable bonds is 7. The lowest BCUT2D eigenvalue weighted by molar-refractivity contribution is 0.296. The quantitative estimate of drug-likeness (QED) is 0.735. The lowest BCUT2D eigenvalue weighted by atomic mass is 10.3. The second kappa shape index (κ2) is 9.04. The van der Waals surface area contributed by atoms with Gasteiger partial charge in [0.15, 0.2) is 11.5 Å². The Bertz CT molecular complexity index is 512. The van der Waals surface area contributed by atoms with Crippen LogP contribution < -0.4 is 9.47 Å². The van der Waals surface area contributed by atoms with Gasteiger partial charge in [0.1, 0.15) is 6.61 Å². The first kappa shape index (κ1) is 16.1. The van der Waals surface area contributed by atoms with Crippen molar-refractivity contribution in [3.05, 3.63) is 55.1 Å². The number of para-hydroxylation sites is 2. The first-order chi connectivity index (χ1) is 9.40. The zero-order valence-electron chi connectivity index (χ0n) is 11.4. The number of hydrogen-bond donors (Lipinski definition) is 0. The van der Waals surface area contributed by atoms with Crippen LogP contribution in [0.25, 0.3) is 0 Å². The lowest BCUT2D eigenvalue weighted by Crippen LogP contribution is -1.99. The van der Waals surface area contributed by atoms with Gasteiger partial charge in [-0.3, -0.25) is 0 Å². The molecule has 0 bridgehead atoms. The van der Waals surface area contributed by atoms with Crippen molar-refractivity contribution in [1.29, 1.82) is 0 Å². The zero-order chi connectivity index (χ0) is 13.3. The van der Waals surface area contributed by atoms with Gasteiger partial charge in [0.2, 0.25) is 0 Å². The summed E-state index contributed by atoms with van der Waals surface area (Å²) in [5, 5.41) is 0. The minimum absolute atomic E-state index is 0. The van der Waals surface area contributed by atoms with Crippen LogP contribution in [0, 0.1) is 0 Å². The molecule has 108 valence electrons. The van der Waals surface area contributed by atoms with E-state index in [1.165, 1.54) is 0 Å². The van der Waals surface area contributed by atoms with Gasteiger partial charge in [-0.15, -0.1) is 12.4 Å². The van der Waals surface area contributed by atoms with Gasteiger partial charge < -0.3 is 14.0 Å². The molecule has 2 aromatic rings. The largest absolute Gasteiger partial charge is 0.490 e. The summed E-state index contributed by atoms with van der Waals surface area (Å²) >= 11 is 0. The third kappa shape index (κ3) is 4.97. The van der Waals surface area contributed by atoms with E-state index in [9.17, 15) is 0 Å². The maximum atomic E-state index is 5.67. The topological polar surface area (TPSA) is 36.3 Å². The van der Waals surface area contributed by atoms with Crippen molar-refractivity contribution in [2.24, 2.45) is 0 Å². The number of imidazole rings is 1. The predicted octanol–water partition coefficient (Wildman–Crippen LogP) is 3.34. The van der Waals surface area contributed by atoms with Crippen LogP contribution in [0.4, 0.5) is 0 Å². The Labute approximate surface area is 125 Å². The van der Waals surface area contributed by atoms with E-state index in [1.807, 2.05) is 54.1 Å². The van der Waals surface area contributed by atoms with Crippen LogP contribution >= 0.6 is 12.4 Å². The Morgan fingerprint density at radius 3 is 2.55 bits per heavy atom. The second-order valence-electron chi connectivity index (χ2n) is 3.92. The number of ether oxygens (including phenoxy) is 2. The van der Waals surface area contributed by atoms with E-state index in [-0.39, 0.29) is 12.4 Å². The second-order valence-corrected chi connectivity index (χ2v) is 3.92. The average molecular weight is 295 g/mol. The molecule has 0 amide bonds. The SMILES string of the molecule is CCOc1ccccc1OCC=CCn1ccnc1.Cl. The Morgan fingerprint density at radius 1 is 1.15 bits per heavy atom. The summed E-state index contributed by atoms with van der Waals surface area (Å²) in [6.45, 7) is 3.92. The molecule has 0 spiro atoms. The fourth-order valence-electron chi connectivity index (χ4n) is 1.64. The first-order valence-electron chi connectivity index (χ1n) is 6.35. The molecule has 5 heteroatoms. The Hall–Kier alpha value is -1.94. The van der Waals surface area contributed by atoms with Crippen LogP contribution in [0.1, 0.15) is 6.92 Å². The minimum Gasteiger partial charge on any atom is -0.490 e. The normalized spacial score (nSPS) is 10.2. The molecule has 0 fully saturated rings. The average Bonchev–Trinajstić information content (AvgIpc) is 2.94. The summed E-state index contributed by atoms with van der Waals surface area (Å²) in [6, 6.07) is 7.70. The molecule has 4 nitrogen and oxygen atoms in total.